The molecule has 2 aromatic rings. The zero-order valence-corrected chi connectivity index (χ0v) is 11.3. The molecular weight excluding hydrogens is 276 g/mol. The van der Waals surface area contributed by atoms with Crippen LogP contribution in [0.1, 0.15) is 23.9 Å². The number of aryl methyl sites for hydroxylation is 1. The molecule has 0 saturated carbocycles. The molecule has 0 spiro atoms. The predicted molar refractivity (Wildman–Crippen MR) is 72.5 cm³/mol. The monoisotopic (exact) mass is 290 g/mol. The summed E-state index contributed by atoms with van der Waals surface area (Å²) < 4.78 is 5.20. The SMILES string of the molecule is Cc1ccc([N+](=O)[O-])cc1-c1noc([C@@H]2C[C@H](O)CN2)n1. The Balaban J connectivity index is 1.92. The van der Waals surface area contributed by atoms with Crippen molar-refractivity contribution in [2.75, 3.05) is 6.54 Å². The third kappa shape index (κ3) is 2.63. The lowest BCUT2D eigenvalue weighted by Gasteiger charge is -2.02. The van der Waals surface area contributed by atoms with Crippen molar-refractivity contribution in [2.45, 2.75) is 25.5 Å². The van der Waals surface area contributed by atoms with Crippen molar-refractivity contribution >= 4 is 5.69 Å². The van der Waals surface area contributed by atoms with Crippen LogP contribution < -0.4 is 5.32 Å². The Morgan fingerprint density at radius 1 is 1.52 bits per heavy atom. The number of nitro benzene ring substituents is 1. The highest BCUT2D eigenvalue weighted by molar-refractivity contribution is 5.63. The van der Waals surface area contributed by atoms with Crippen molar-refractivity contribution in [3.63, 3.8) is 0 Å². The highest BCUT2D eigenvalue weighted by Crippen LogP contribution is 2.28. The van der Waals surface area contributed by atoms with Gasteiger partial charge in [-0.25, -0.2) is 0 Å². The van der Waals surface area contributed by atoms with Crippen LogP contribution in [0.5, 0.6) is 0 Å². The highest BCUT2D eigenvalue weighted by Gasteiger charge is 2.28. The number of aliphatic hydroxyl groups is 1. The van der Waals surface area contributed by atoms with Crippen LogP contribution in [0, 0.1) is 17.0 Å². The second kappa shape index (κ2) is 5.23. The van der Waals surface area contributed by atoms with E-state index < -0.39 is 11.0 Å². The van der Waals surface area contributed by atoms with Gasteiger partial charge >= 0.3 is 0 Å². The Kier molecular flexibility index (Phi) is 3.40. The van der Waals surface area contributed by atoms with E-state index in [1.165, 1.54) is 12.1 Å². The van der Waals surface area contributed by atoms with Crippen LogP contribution in [0.3, 0.4) is 0 Å². The number of non-ortho nitro benzene ring substituents is 1. The maximum atomic E-state index is 10.8. The molecular formula is C13H14N4O4. The number of rotatable bonds is 3. The molecule has 3 rings (SSSR count). The first-order chi connectivity index (χ1) is 10.0. The standard InChI is InChI=1S/C13H14N4O4/c1-7-2-3-8(17(19)20)4-10(7)12-15-13(21-16-12)11-5-9(18)6-14-11/h2-4,9,11,14,18H,5-6H2,1H3/t9-,11-/m0/s1. The normalized spacial score (nSPS) is 21.6. The van der Waals surface area contributed by atoms with Gasteiger partial charge in [-0.3, -0.25) is 10.1 Å². The minimum atomic E-state index is -0.460. The molecule has 1 aromatic carbocycles. The van der Waals surface area contributed by atoms with Crippen molar-refractivity contribution < 1.29 is 14.6 Å². The van der Waals surface area contributed by atoms with Crippen molar-refractivity contribution in [3.8, 4) is 11.4 Å². The number of nitrogens with one attached hydrogen (secondary N) is 1. The number of β-amino-alcohol motifs (C(OH)–C–C–N with tert-alkyl or cyclic N) is 1. The minimum absolute atomic E-state index is 0.0173. The lowest BCUT2D eigenvalue weighted by atomic mass is 10.1. The Morgan fingerprint density at radius 2 is 2.33 bits per heavy atom. The fraction of sp³-hybridized carbons (Fsp3) is 0.385. The summed E-state index contributed by atoms with van der Waals surface area (Å²) in [6.45, 7) is 2.31. The van der Waals surface area contributed by atoms with Crippen LogP contribution in [0.4, 0.5) is 5.69 Å². The summed E-state index contributed by atoms with van der Waals surface area (Å²) >= 11 is 0. The van der Waals surface area contributed by atoms with Gasteiger partial charge in [-0.05, 0) is 18.9 Å². The van der Waals surface area contributed by atoms with E-state index in [-0.39, 0.29) is 11.7 Å². The number of aliphatic hydroxyl groups excluding tert-OH is 1. The zero-order valence-electron chi connectivity index (χ0n) is 11.3. The minimum Gasteiger partial charge on any atom is -0.392 e. The molecule has 0 amide bonds. The smallest absolute Gasteiger partial charge is 0.270 e. The number of aromatic nitrogens is 2. The molecule has 8 heteroatoms. The number of nitro groups is 1. The first-order valence-electron chi connectivity index (χ1n) is 6.55. The molecule has 1 aliphatic heterocycles. The van der Waals surface area contributed by atoms with Gasteiger partial charge in [0, 0.05) is 24.2 Å². The molecule has 0 bridgehead atoms. The molecule has 0 radical (unpaired) electrons. The zero-order chi connectivity index (χ0) is 15.0. The maximum Gasteiger partial charge on any atom is 0.270 e. The second-order valence-electron chi connectivity index (χ2n) is 5.06. The van der Waals surface area contributed by atoms with Crippen LogP contribution >= 0.6 is 0 Å². The molecule has 1 fully saturated rings. The lowest BCUT2D eigenvalue weighted by Crippen LogP contribution is -2.15. The Hall–Kier alpha value is -2.32. The largest absolute Gasteiger partial charge is 0.392 e. The average Bonchev–Trinajstić information content (AvgIpc) is 3.07. The maximum absolute atomic E-state index is 10.8. The van der Waals surface area contributed by atoms with Crippen molar-refractivity contribution in [2.24, 2.45) is 0 Å². The van der Waals surface area contributed by atoms with E-state index in [0.29, 0.717) is 30.2 Å². The Bertz CT molecular complexity index is 685. The Morgan fingerprint density at radius 3 is 3.00 bits per heavy atom. The van der Waals surface area contributed by atoms with Gasteiger partial charge in [-0.1, -0.05) is 11.2 Å². The lowest BCUT2D eigenvalue weighted by molar-refractivity contribution is -0.384. The van der Waals surface area contributed by atoms with Gasteiger partial charge < -0.3 is 14.9 Å². The van der Waals surface area contributed by atoms with E-state index >= 15 is 0 Å². The second-order valence-corrected chi connectivity index (χ2v) is 5.06. The summed E-state index contributed by atoms with van der Waals surface area (Å²) in [5.74, 6) is 0.696. The summed E-state index contributed by atoms with van der Waals surface area (Å²) in [4.78, 5) is 14.7. The molecule has 110 valence electrons. The summed E-state index contributed by atoms with van der Waals surface area (Å²) in [6.07, 6.45) is 0.0835. The molecule has 2 heterocycles. The number of hydrogen-bond acceptors (Lipinski definition) is 7. The van der Waals surface area contributed by atoms with E-state index in [1.54, 1.807) is 6.07 Å². The predicted octanol–water partition coefficient (Wildman–Crippen LogP) is 1.35. The number of nitrogens with zero attached hydrogens (tertiary/aromatic N) is 3. The molecule has 0 aliphatic carbocycles. The van der Waals surface area contributed by atoms with Gasteiger partial charge in [0.05, 0.1) is 17.1 Å². The fourth-order valence-corrected chi connectivity index (χ4v) is 2.36. The van der Waals surface area contributed by atoms with Gasteiger partial charge in [0.15, 0.2) is 0 Å². The number of benzene rings is 1. The van der Waals surface area contributed by atoms with Gasteiger partial charge in [0.1, 0.15) is 0 Å². The van der Waals surface area contributed by atoms with Crippen molar-refractivity contribution in [1.29, 1.82) is 0 Å². The van der Waals surface area contributed by atoms with Gasteiger partial charge in [0.25, 0.3) is 5.69 Å². The fourth-order valence-electron chi connectivity index (χ4n) is 2.36. The van der Waals surface area contributed by atoms with Gasteiger partial charge in [-0.15, -0.1) is 0 Å². The third-order valence-corrected chi connectivity index (χ3v) is 3.52. The quantitative estimate of drug-likeness (QED) is 0.647. The van der Waals surface area contributed by atoms with Crippen molar-refractivity contribution in [3.05, 3.63) is 39.8 Å². The van der Waals surface area contributed by atoms with Crippen LogP contribution in [0.2, 0.25) is 0 Å². The summed E-state index contributed by atoms with van der Waals surface area (Å²) in [6, 6.07) is 4.34. The number of hydrogen-bond donors (Lipinski definition) is 2. The summed E-state index contributed by atoms with van der Waals surface area (Å²) in [7, 11) is 0. The van der Waals surface area contributed by atoms with Crippen molar-refractivity contribution in [1.82, 2.24) is 15.5 Å². The molecule has 0 unspecified atom stereocenters. The molecule has 8 nitrogen and oxygen atoms in total. The van der Waals surface area contributed by atoms with Crippen LogP contribution in [-0.2, 0) is 0 Å². The first kappa shape index (κ1) is 13.7. The molecule has 2 N–H and O–H groups in total. The molecule has 1 saturated heterocycles. The molecule has 2 atom stereocenters. The van der Waals surface area contributed by atoms with E-state index in [9.17, 15) is 15.2 Å². The highest BCUT2D eigenvalue weighted by atomic mass is 16.6. The molecule has 1 aliphatic rings. The average molecular weight is 290 g/mol. The Labute approximate surface area is 119 Å². The molecule has 1 aromatic heterocycles. The summed E-state index contributed by atoms with van der Waals surface area (Å²) in [5, 5.41) is 27.3. The van der Waals surface area contributed by atoms with Gasteiger partial charge in [-0.2, -0.15) is 4.98 Å². The third-order valence-electron chi connectivity index (χ3n) is 3.52. The van der Waals surface area contributed by atoms with Crippen LogP contribution in [0.15, 0.2) is 22.7 Å². The van der Waals surface area contributed by atoms with E-state index in [4.69, 9.17) is 4.52 Å². The summed E-state index contributed by atoms with van der Waals surface area (Å²) in [5.41, 5.74) is 1.38. The van der Waals surface area contributed by atoms with E-state index in [2.05, 4.69) is 15.5 Å². The van der Waals surface area contributed by atoms with E-state index in [0.717, 1.165) is 5.56 Å². The van der Waals surface area contributed by atoms with Gasteiger partial charge in [0.2, 0.25) is 11.7 Å². The molecule has 21 heavy (non-hydrogen) atoms. The van der Waals surface area contributed by atoms with Crippen LogP contribution in [0.25, 0.3) is 11.4 Å². The van der Waals surface area contributed by atoms with Crippen LogP contribution in [-0.4, -0.2) is 32.8 Å². The first-order valence-corrected chi connectivity index (χ1v) is 6.55. The van der Waals surface area contributed by atoms with E-state index in [1.807, 2.05) is 6.92 Å². The topological polar surface area (TPSA) is 114 Å².